The zero-order valence-corrected chi connectivity index (χ0v) is 50.0. The number of benzene rings is 3. The van der Waals surface area contributed by atoms with Crippen LogP contribution in [0, 0.1) is 11.8 Å². The van der Waals surface area contributed by atoms with Crippen molar-refractivity contribution in [2.75, 3.05) is 27.4 Å². The van der Waals surface area contributed by atoms with E-state index >= 15 is 0 Å². The number of methoxy groups -OCH3 is 2. The molecular formula is C59H96O9Si3. The van der Waals surface area contributed by atoms with Gasteiger partial charge in [-0.1, -0.05) is 166 Å². The summed E-state index contributed by atoms with van der Waals surface area (Å²) in [5.74, 6) is -2.10. The molecule has 3 aromatic carbocycles. The molecule has 0 bridgehead atoms. The highest BCUT2D eigenvalue weighted by Gasteiger charge is 2.55. The molecule has 0 saturated carbocycles. The summed E-state index contributed by atoms with van der Waals surface area (Å²) in [6.45, 7) is 37.8. The number of aliphatic hydroxyl groups is 1. The first-order chi connectivity index (χ1) is 33.2. The third-order valence-electron chi connectivity index (χ3n) is 16.7. The minimum atomic E-state index is -2.85. The normalized spacial score (nSPS) is 25.4. The van der Waals surface area contributed by atoms with Crippen molar-refractivity contribution in [3.8, 4) is 0 Å². The van der Waals surface area contributed by atoms with E-state index < -0.39 is 48.7 Å². The first kappa shape index (κ1) is 59.6. The van der Waals surface area contributed by atoms with Crippen molar-refractivity contribution < 1.29 is 42.1 Å². The van der Waals surface area contributed by atoms with Crippen LogP contribution in [0.3, 0.4) is 0 Å². The minimum absolute atomic E-state index is 0.0216. The summed E-state index contributed by atoms with van der Waals surface area (Å²) in [5.41, 5.74) is 1.06. The average molecular weight is 1030 g/mol. The first-order valence-corrected chi connectivity index (χ1v) is 34.4. The van der Waals surface area contributed by atoms with E-state index in [4.69, 9.17) is 37.0 Å². The lowest BCUT2D eigenvalue weighted by atomic mass is 9.82. The van der Waals surface area contributed by atoms with Gasteiger partial charge in [0.2, 0.25) is 0 Å². The second-order valence-electron chi connectivity index (χ2n) is 24.8. The molecule has 1 unspecified atom stereocenters. The standard InChI is InChI=1S/C59H96O9Si3/c1-18-46(43-64-71(57(9,10)11,49-33-25-21-26-34-49)50-35-27-22-28-36-50)53(67-69(14,15)55(3,4)5)40-58(61-12)37-29-32-48(65-58)39-59(62-13)41-54(68-70(16,17)56(6,7)8)51(19-2)52(66-59)38-47(60)44-63-42-45-30-23-20-24-31-45/h19-28,30-31,33-36,46-48,51-54,60H,2,18,29,32,37-44H2,1,3-17H3/t46-,47-,48+,51+,52+,53-,54+,58?,59-/m1/s1. The van der Waals surface area contributed by atoms with Crippen LogP contribution in [0.25, 0.3) is 0 Å². The topological polar surface area (TPSA) is 94.1 Å². The second-order valence-corrected chi connectivity index (χ2v) is 38.6. The third kappa shape index (κ3) is 14.8. The molecule has 0 spiro atoms. The van der Waals surface area contributed by atoms with Crippen LogP contribution >= 0.6 is 0 Å². The zero-order chi connectivity index (χ0) is 52.5. The molecule has 0 radical (unpaired) electrons. The average Bonchev–Trinajstić information content (AvgIpc) is 3.30. The molecule has 5 rings (SSSR count). The van der Waals surface area contributed by atoms with Crippen molar-refractivity contribution in [3.63, 3.8) is 0 Å². The minimum Gasteiger partial charge on any atom is -0.413 e. The Morgan fingerprint density at radius 2 is 1.30 bits per heavy atom. The fourth-order valence-corrected chi connectivity index (χ4v) is 17.7. The van der Waals surface area contributed by atoms with Crippen LogP contribution in [0.15, 0.2) is 104 Å². The number of rotatable bonds is 24. The van der Waals surface area contributed by atoms with E-state index in [-0.39, 0.29) is 51.9 Å². The number of aliphatic hydroxyl groups excluding tert-OH is 1. The van der Waals surface area contributed by atoms with Gasteiger partial charge < -0.3 is 42.1 Å². The predicted octanol–water partition coefficient (Wildman–Crippen LogP) is 13.0. The molecule has 9 atom stereocenters. The van der Waals surface area contributed by atoms with Crippen molar-refractivity contribution in [1.29, 1.82) is 0 Å². The Bertz CT molecular complexity index is 2010. The van der Waals surface area contributed by atoms with Gasteiger partial charge >= 0.3 is 0 Å². The van der Waals surface area contributed by atoms with E-state index in [2.05, 4.69) is 163 Å². The largest absolute Gasteiger partial charge is 0.413 e. The van der Waals surface area contributed by atoms with Crippen LogP contribution < -0.4 is 10.4 Å². The monoisotopic (exact) mass is 1030 g/mol. The molecule has 2 aliphatic heterocycles. The van der Waals surface area contributed by atoms with E-state index in [1.54, 1.807) is 14.2 Å². The Balaban J connectivity index is 1.46. The quantitative estimate of drug-likeness (QED) is 0.0695. The molecule has 0 aromatic heterocycles. The van der Waals surface area contributed by atoms with Gasteiger partial charge in [0.15, 0.2) is 28.2 Å². The van der Waals surface area contributed by atoms with Crippen LogP contribution in [0.1, 0.15) is 126 Å². The number of hydrogen-bond donors (Lipinski definition) is 1. The summed E-state index contributed by atoms with van der Waals surface area (Å²) in [7, 11) is -3.93. The van der Waals surface area contributed by atoms with Gasteiger partial charge in [0.1, 0.15) is 0 Å². The maximum absolute atomic E-state index is 11.6. The Kier molecular flexibility index (Phi) is 20.6. The summed E-state index contributed by atoms with van der Waals surface area (Å²) in [6.07, 6.45) is 5.23. The van der Waals surface area contributed by atoms with Gasteiger partial charge in [-0.05, 0) is 76.5 Å². The second kappa shape index (κ2) is 24.6. The molecule has 398 valence electrons. The van der Waals surface area contributed by atoms with E-state index in [9.17, 15) is 5.11 Å². The van der Waals surface area contributed by atoms with Crippen LogP contribution in [0.5, 0.6) is 0 Å². The number of ether oxygens (including phenoxy) is 5. The van der Waals surface area contributed by atoms with Crippen LogP contribution in [0.2, 0.25) is 41.3 Å². The Morgan fingerprint density at radius 3 is 1.79 bits per heavy atom. The Morgan fingerprint density at radius 1 is 0.746 bits per heavy atom. The summed E-state index contributed by atoms with van der Waals surface area (Å²) >= 11 is 0. The molecule has 2 heterocycles. The van der Waals surface area contributed by atoms with Gasteiger partial charge in [-0.2, -0.15) is 0 Å². The predicted molar refractivity (Wildman–Crippen MR) is 299 cm³/mol. The molecule has 3 aromatic rings. The molecule has 2 saturated heterocycles. The molecule has 1 N–H and O–H groups in total. The first-order valence-electron chi connectivity index (χ1n) is 26.7. The van der Waals surface area contributed by atoms with Crippen molar-refractivity contribution in [3.05, 3.63) is 109 Å². The molecule has 0 aliphatic carbocycles. The molecule has 9 nitrogen and oxygen atoms in total. The molecule has 71 heavy (non-hydrogen) atoms. The van der Waals surface area contributed by atoms with E-state index in [0.29, 0.717) is 38.9 Å². The zero-order valence-electron chi connectivity index (χ0n) is 47.0. The molecule has 2 aliphatic rings. The van der Waals surface area contributed by atoms with Gasteiger partial charge in [-0.3, -0.25) is 0 Å². The fraction of sp³-hybridized carbons (Fsp3) is 0.661. The van der Waals surface area contributed by atoms with Crippen LogP contribution in [-0.2, 0) is 43.6 Å². The highest BCUT2D eigenvalue weighted by molar-refractivity contribution is 6.99. The summed E-state index contributed by atoms with van der Waals surface area (Å²) in [5, 5.41) is 13.9. The Labute approximate surface area is 434 Å². The van der Waals surface area contributed by atoms with Crippen LogP contribution in [-0.4, -0.2) is 99.6 Å². The summed E-state index contributed by atoms with van der Waals surface area (Å²) in [6, 6.07) is 31.9. The highest BCUT2D eigenvalue weighted by atomic mass is 28.4. The molecular weight excluding hydrogens is 937 g/mol. The van der Waals surface area contributed by atoms with Gasteiger partial charge in [-0.25, -0.2) is 0 Å². The molecule has 12 heteroatoms. The lowest BCUT2D eigenvalue weighted by molar-refractivity contribution is -0.331. The van der Waals surface area contributed by atoms with E-state index in [1.807, 2.05) is 36.4 Å². The lowest BCUT2D eigenvalue weighted by Gasteiger charge is -2.52. The summed E-state index contributed by atoms with van der Waals surface area (Å²) < 4.78 is 56.4. The maximum Gasteiger partial charge on any atom is 0.261 e. The van der Waals surface area contributed by atoms with E-state index in [0.717, 1.165) is 31.2 Å². The molecule has 2 fully saturated rings. The van der Waals surface area contributed by atoms with Crippen LogP contribution in [0.4, 0.5) is 0 Å². The SMILES string of the molecule is C=C[C@H]1[C@H](C[C@@H](O)COCc2ccccc2)O[C@@](C[C@@H]2CCCC(C[C@@H](O[Si](C)(C)C(C)(C)C)[C@H](CC)CO[Si](c3ccccc3)(c3ccccc3)C(C)(C)C)(OC)O2)(OC)C[C@@H]1O[Si](C)(C)C(C)(C)C. The van der Waals surface area contributed by atoms with Crippen molar-refractivity contribution in [2.24, 2.45) is 11.8 Å². The van der Waals surface area contributed by atoms with Crippen molar-refractivity contribution in [2.45, 2.75) is 211 Å². The number of hydrogen-bond acceptors (Lipinski definition) is 9. The smallest absolute Gasteiger partial charge is 0.261 e. The van der Waals surface area contributed by atoms with Crippen molar-refractivity contribution in [1.82, 2.24) is 0 Å². The lowest BCUT2D eigenvalue weighted by Crippen LogP contribution is -2.67. The van der Waals surface area contributed by atoms with Gasteiger partial charge in [-0.15, -0.1) is 6.58 Å². The van der Waals surface area contributed by atoms with Crippen molar-refractivity contribution >= 4 is 35.3 Å². The maximum atomic E-state index is 11.6. The third-order valence-corrected chi connectivity index (χ3v) is 30.7. The summed E-state index contributed by atoms with van der Waals surface area (Å²) in [4.78, 5) is 0. The van der Waals surface area contributed by atoms with Gasteiger partial charge in [0.05, 0.1) is 43.7 Å². The Hall–Kier alpha value is -2.31. The van der Waals surface area contributed by atoms with Gasteiger partial charge in [0.25, 0.3) is 8.32 Å². The fourth-order valence-electron chi connectivity index (χ4n) is 10.4. The van der Waals surface area contributed by atoms with E-state index in [1.165, 1.54) is 10.4 Å². The van der Waals surface area contributed by atoms with Gasteiger partial charge in [0, 0.05) is 64.8 Å². The highest BCUT2D eigenvalue weighted by Crippen LogP contribution is 2.48. The molecule has 0 amide bonds.